The second kappa shape index (κ2) is 3.92. The molecule has 0 spiro atoms. The number of aliphatic hydroxyl groups excluding tert-OH is 1. The third kappa shape index (κ3) is 1.36. The highest BCUT2D eigenvalue weighted by Gasteiger charge is 2.14. The standard InChI is InChI=1S/C14H14N2O2/c15-11-6-5-10-9-3-1-2-4-12(9)16(7-8-17)13(10)14(11)18/h1-6,17-18H,7-8,15H2. The first-order chi connectivity index (χ1) is 8.74. The number of benzene rings is 2. The first kappa shape index (κ1) is 10.9. The predicted octanol–water partition coefficient (Wildman–Crippen LogP) is 2.07. The van der Waals surface area contributed by atoms with E-state index in [1.54, 1.807) is 6.07 Å². The van der Waals surface area contributed by atoms with Gasteiger partial charge in [0.15, 0.2) is 5.75 Å². The van der Waals surface area contributed by atoms with E-state index in [1.165, 1.54) is 0 Å². The van der Waals surface area contributed by atoms with E-state index in [1.807, 2.05) is 34.9 Å². The zero-order valence-electron chi connectivity index (χ0n) is 9.80. The van der Waals surface area contributed by atoms with Crippen molar-refractivity contribution in [1.82, 2.24) is 4.57 Å². The number of aromatic hydroxyl groups is 1. The number of nitrogens with two attached hydrogens (primary N) is 1. The number of para-hydroxylation sites is 1. The Bertz CT molecular complexity index is 731. The summed E-state index contributed by atoms with van der Waals surface area (Å²) in [7, 11) is 0. The van der Waals surface area contributed by atoms with Crippen LogP contribution < -0.4 is 5.73 Å². The van der Waals surface area contributed by atoms with Crippen LogP contribution in [0.5, 0.6) is 5.75 Å². The Morgan fingerprint density at radius 3 is 2.61 bits per heavy atom. The molecular weight excluding hydrogens is 228 g/mol. The summed E-state index contributed by atoms with van der Waals surface area (Å²) in [4.78, 5) is 0. The van der Waals surface area contributed by atoms with E-state index in [9.17, 15) is 10.2 Å². The topological polar surface area (TPSA) is 71.4 Å². The molecule has 0 bridgehead atoms. The third-order valence-corrected chi connectivity index (χ3v) is 3.26. The van der Waals surface area contributed by atoms with Gasteiger partial charge in [0.1, 0.15) is 0 Å². The van der Waals surface area contributed by atoms with Gasteiger partial charge in [-0.25, -0.2) is 0 Å². The summed E-state index contributed by atoms with van der Waals surface area (Å²) in [6.45, 7) is 0.447. The number of nitrogen functional groups attached to an aromatic ring is 1. The lowest BCUT2D eigenvalue weighted by Crippen LogP contribution is -2.02. The maximum atomic E-state index is 10.1. The van der Waals surface area contributed by atoms with E-state index in [0.29, 0.717) is 17.7 Å². The number of aromatic nitrogens is 1. The van der Waals surface area contributed by atoms with Crippen LogP contribution in [0.4, 0.5) is 5.69 Å². The van der Waals surface area contributed by atoms with Gasteiger partial charge >= 0.3 is 0 Å². The minimum absolute atomic E-state index is 0.0159. The molecule has 3 aromatic rings. The number of aliphatic hydroxyl groups is 1. The second-order valence-electron chi connectivity index (χ2n) is 4.29. The molecule has 18 heavy (non-hydrogen) atoms. The molecule has 0 fully saturated rings. The highest BCUT2D eigenvalue weighted by molar-refractivity contribution is 6.11. The Balaban J connectivity index is 2.54. The Morgan fingerprint density at radius 1 is 1.06 bits per heavy atom. The van der Waals surface area contributed by atoms with E-state index in [0.717, 1.165) is 16.3 Å². The summed E-state index contributed by atoms with van der Waals surface area (Å²) < 4.78 is 1.90. The predicted molar refractivity (Wildman–Crippen MR) is 72.6 cm³/mol. The van der Waals surface area contributed by atoms with Crippen LogP contribution in [0.15, 0.2) is 36.4 Å². The Morgan fingerprint density at radius 2 is 1.83 bits per heavy atom. The van der Waals surface area contributed by atoms with Crippen molar-refractivity contribution in [3.63, 3.8) is 0 Å². The Labute approximate surface area is 104 Å². The van der Waals surface area contributed by atoms with Gasteiger partial charge in [0.2, 0.25) is 0 Å². The summed E-state index contributed by atoms with van der Waals surface area (Å²) in [5.74, 6) is 0.0807. The SMILES string of the molecule is Nc1ccc2c3ccccc3n(CCO)c2c1O. The number of hydrogen-bond acceptors (Lipinski definition) is 3. The molecule has 0 aliphatic carbocycles. The van der Waals surface area contributed by atoms with Crippen molar-refractivity contribution < 1.29 is 10.2 Å². The number of hydrogen-bond donors (Lipinski definition) is 3. The molecule has 0 aliphatic heterocycles. The van der Waals surface area contributed by atoms with E-state index in [2.05, 4.69) is 0 Å². The summed E-state index contributed by atoms with van der Waals surface area (Å²) in [6.07, 6.45) is 0. The highest BCUT2D eigenvalue weighted by Crippen LogP contribution is 2.37. The fraction of sp³-hybridized carbons (Fsp3) is 0.143. The van der Waals surface area contributed by atoms with Crippen LogP contribution in [-0.2, 0) is 6.54 Å². The number of anilines is 1. The maximum Gasteiger partial charge on any atom is 0.163 e. The van der Waals surface area contributed by atoms with Crippen LogP contribution in [0.25, 0.3) is 21.8 Å². The van der Waals surface area contributed by atoms with Crippen molar-refractivity contribution in [3.8, 4) is 5.75 Å². The van der Waals surface area contributed by atoms with Crippen molar-refractivity contribution in [2.75, 3.05) is 12.3 Å². The highest BCUT2D eigenvalue weighted by atomic mass is 16.3. The molecule has 1 aromatic heterocycles. The molecule has 4 nitrogen and oxygen atoms in total. The van der Waals surface area contributed by atoms with Gasteiger partial charge in [0, 0.05) is 22.8 Å². The number of rotatable bonds is 2. The van der Waals surface area contributed by atoms with E-state index in [4.69, 9.17) is 5.73 Å². The summed E-state index contributed by atoms with van der Waals surface area (Å²) in [5, 5.41) is 21.3. The van der Waals surface area contributed by atoms with Gasteiger partial charge < -0.3 is 20.5 Å². The minimum Gasteiger partial charge on any atom is -0.504 e. The lowest BCUT2D eigenvalue weighted by molar-refractivity contribution is 0.279. The molecule has 0 unspecified atom stereocenters. The van der Waals surface area contributed by atoms with Gasteiger partial charge in [-0.2, -0.15) is 0 Å². The second-order valence-corrected chi connectivity index (χ2v) is 4.29. The van der Waals surface area contributed by atoms with E-state index < -0.39 is 0 Å². The van der Waals surface area contributed by atoms with Gasteiger partial charge in [-0.1, -0.05) is 18.2 Å². The van der Waals surface area contributed by atoms with E-state index in [-0.39, 0.29) is 12.4 Å². The maximum absolute atomic E-state index is 10.1. The van der Waals surface area contributed by atoms with Gasteiger partial charge in [0.05, 0.1) is 17.8 Å². The molecule has 0 saturated heterocycles. The monoisotopic (exact) mass is 242 g/mol. The van der Waals surface area contributed by atoms with Gasteiger partial charge in [0.25, 0.3) is 0 Å². The largest absolute Gasteiger partial charge is 0.504 e. The fourth-order valence-corrected chi connectivity index (χ4v) is 2.48. The zero-order chi connectivity index (χ0) is 12.7. The third-order valence-electron chi connectivity index (χ3n) is 3.26. The average molecular weight is 242 g/mol. The molecule has 0 amide bonds. The first-order valence-corrected chi connectivity index (χ1v) is 5.83. The normalized spacial score (nSPS) is 11.4. The summed E-state index contributed by atoms with van der Waals surface area (Å²) in [5.41, 5.74) is 7.77. The van der Waals surface area contributed by atoms with Crippen LogP contribution in [0.1, 0.15) is 0 Å². The molecule has 92 valence electrons. The van der Waals surface area contributed by atoms with Crippen LogP contribution in [-0.4, -0.2) is 21.4 Å². The molecule has 0 radical (unpaired) electrons. The number of nitrogens with zero attached hydrogens (tertiary/aromatic N) is 1. The van der Waals surface area contributed by atoms with Crippen molar-refractivity contribution in [2.24, 2.45) is 0 Å². The quantitative estimate of drug-likeness (QED) is 0.476. The lowest BCUT2D eigenvalue weighted by atomic mass is 10.1. The zero-order valence-corrected chi connectivity index (χ0v) is 9.80. The average Bonchev–Trinajstić information content (AvgIpc) is 2.70. The number of fused-ring (bicyclic) bond motifs is 3. The van der Waals surface area contributed by atoms with E-state index >= 15 is 0 Å². The molecule has 4 N–H and O–H groups in total. The number of phenolic OH excluding ortho intramolecular Hbond substituents is 1. The van der Waals surface area contributed by atoms with Gasteiger partial charge in [-0.15, -0.1) is 0 Å². The van der Waals surface area contributed by atoms with Gasteiger partial charge in [-0.05, 0) is 18.2 Å². The minimum atomic E-state index is 0.0159. The summed E-state index contributed by atoms with van der Waals surface area (Å²) >= 11 is 0. The van der Waals surface area contributed by atoms with Crippen LogP contribution in [0, 0.1) is 0 Å². The molecule has 0 aliphatic rings. The van der Waals surface area contributed by atoms with Gasteiger partial charge in [-0.3, -0.25) is 0 Å². The molecule has 0 saturated carbocycles. The van der Waals surface area contributed by atoms with Crippen LogP contribution in [0.3, 0.4) is 0 Å². The van der Waals surface area contributed by atoms with Crippen molar-refractivity contribution >= 4 is 27.5 Å². The molecule has 2 aromatic carbocycles. The fourth-order valence-electron chi connectivity index (χ4n) is 2.48. The van der Waals surface area contributed by atoms with Crippen molar-refractivity contribution in [2.45, 2.75) is 6.54 Å². The molecule has 0 atom stereocenters. The smallest absolute Gasteiger partial charge is 0.163 e. The van der Waals surface area contributed by atoms with Crippen LogP contribution >= 0.6 is 0 Å². The van der Waals surface area contributed by atoms with Crippen molar-refractivity contribution in [1.29, 1.82) is 0 Å². The number of phenols is 1. The van der Waals surface area contributed by atoms with Crippen LogP contribution in [0.2, 0.25) is 0 Å². The van der Waals surface area contributed by atoms with Crippen molar-refractivity contribution in [3.05, 3.63) is 36.4 Å². The molecular formula is C14H14N2O2. The summed E-state index contributed by atoms with van der Waals surface area (Å²) in [6, 6.07) is 11.5. The first-order valence-electron chi connectivity index (χ1n) is 5.83. The molecule has 4 heteroatoms. The molecule has 3 rings (SSSR count). The Kier molecular flexibility index (Phi) is 2.38. The molecule has 1 heterocycles. The Hall–Kier alpha value is -2.20. The lowest BCUT2D eigenvalue weighted by Gasteiger charge is -2.07.